The van der Waals surface area contributed by atoms with Gasteiger partial charge < -0.3 is 5.32 Å². The van der Waals surface area contributed by atoms with E-state index in [1.165, 1.54) is 13.8 Å². The van der Waals surface area contributed by atoms with Crippen LogP contribution in [0.5, 0.6) is 0 Å². The fraction of sp³-hybridized carbons (Fsp3) is 0.727. The molecule has 0 aromatic rings. The molecule has 1 fully saturated rings. The molecule has 84 valence electrons. The molecule has 4 nitrogen and oxygen atoms in total. The summed E-state index contributed by atoms with van der Waals surface area (Å²) in [5.41, 5.74) is 0. The quantitative estimate of drug-likeness (QED) is 0.722. The first kappa shape index (κ1) is 11.9. The second kappa shape index (κ2) is 4.55. The van der Waals surface area contributed by atoms with Gasteiger partial charge in [-0.05, 0) is 20.3 Å². The van der Waals surface area contributed by atoms with Crippen molar-refractivity contribution in [3.63, 3.8) is 0 Å². The third kappa shape index (κ3) is 2.43. The van der Waals surface area contributed by atoms with Crippen molar-refractivity contribution >= 4 is 17.5 Å². The summed E-state index contributed by atoms with van der Waals surface area (Å²) >= 11 is 0. The molecule has 1 rings (SSSR count). The summed E-state index contributed by atoms with van der Waals surface area (Å²) < 4.78 is 0. The molecule has 0 bridgehead atoms. The van der Waals surface area contributed by atoms with Crippen LogP contribution in [0.2, 0.25) is 0 Å². The average molecular weight is 211 g/mol. The average Bonchev–Trinajstić information content (AvgIpc) is 2.88. The summed E-state index contributed by atoms with van der Waals surface area (Å²) in [7, 11) is 0. The third-order valence-electron chi connectivity index (χ3n) is 2.81. The molecule has 1 amide bonds. The van der Waals surface area contributed by atoms with Crippen LogP contribution in [0.4, 0.5) is 0 Å². The van der Waals surface area contributed by atoms with Crippen molar-refractivity contribution in [2.45, 2.75) is 27.2 Å². The Morgan fingerprint density at radius 3 is 1.80 bits per heavy atom. The van der Waals surface area contributed by atoms with Gasteiger partial charge in [-0.15, -0.1) is 0 Å². The minimum Gasteiger partial charge on any atom is -0.356 e. The van der Waals surface area contributed by atoms with E-state index in [2.05, 4.69) is 5.32 Å². The number of amides is 1. The van der Waals surface area contributed by atoms with Crippen molar-refractivity contribution in [3.05, 3.63) is 0 Å². The molecule has 1 saturated carbocycles. The normalized spacial score (nSPS) is 28.3. The van der Waals surface area contributed by atoms with Crippen molar-refractivity contribution in [1.29, 1.82) is 0 Å². The lowest BCUT2D eigenvalue weighted by Gasteiger charge is -2.01. The molecule has 1 N–H and O–H groups in total. The van der Waals surface area contributed by atoms with Crippen LogP contribution in [0, 0.1) is 17.8 Å². The van der Waals surface area contributed by atoms with Crippen LogP contribution < -0.4 is 5.32 Å². The van der Waals surface area contributed by atoms with Crippen LogP contribution in [0.25, 0.3) is 0 Å². The zero-order valence-corrected chi connectivity index (χ0v) is 9.37. The molecule has 0 aromatic heterocycles. The summed E-state index contributed by atoms with van der Waals surface area (Å²) in [5, 5.41) is 2.72. The molecule has 0 aliphatic heterocycles. The first-order valence-electron chi connectivity index (χ1n) is 5.29. The van der Waals surface area contributed by atoms with Crippen LogP contribution in [-0.2, 0) is 14.4 Å². The molecule has 0 aromatic carbocycles. The number of ketones is 2. The Labute approximate surface area is 89.4 Å². The monoisotopic (exact) mass is 211 g/mol. The van der Waals surface area contributed by atoms with Crippen molar-refractivity contribution in [2.24, 2.45) is 17.8 Å². The number of hydrogen-bond donors (Lipinski definition) is 1. The van der Waals surface area contributed by atoms with Gasteiger partial charge in [0.05, 0.1) is 5.92 Å². The largest absolute Gasteiger partial charge is 0.356 e. The van der Waals surface area contributed by atoms with Gasteiger partial charge in [-0.1, -0.05) is 6.92 Å². The standard InChI is InChI=1S/C11H17NO3/c1-4-5-12-11(15)10-8(6(2)13)9(10)7(3)14/h8-10H,4-5H2,1-3H3,(H,12,15)/t8-,9-/m0/s1. The van der Waals surface area contributed by atoms with E-state index in [0.29, 0.717) is 6.54 Å². The van der Waals surface area contributed by atoms with Crippen molar-refractivity contribution in [2.75, 3.05) is 6.54 Å². The number of Topliss-reactive ketones (excluding diaryl/α,β-unsaturated/α-hetero) is 2. The summed E-state index contributed by atoms with van der Waals surface area (Å²) in [6.07, 6.45) is 0.855. The molecular formula is C11H17NO3. The second-order valence-electron chi connectivity index (χ2n) is 4.09. The maximum atomic E-state index is 11.6. The van der Waals surface area contributed by atoms with E-state index in [0.717, 1.165) is 6.42 Å². The van der Waals surface area contributed by atoms with E-state index < -0.39 is 5.92 Å². The number of rotatable bonds is 5. The Kier molecular flexibility index (Phi) is 3.61. The minimum absolute atomic E-state index is 0.0631. The first-order valence-corrected chi connectivity index (χ1v) is 5.29. The van der Waals surface area contributed by atoms with E-state index in [4.69, 9.17) is 0 Å². The van der Waals surface area contributed by atoms with Crippen LogP contribution in [0.1, 0.15) is 27.2 Å². The smallest absolute Gasteiger partial charge is 0.224 e. The highest BCUT2D eigenvalue weighted by Crippen LogP contribution is 2.47. The van der Waals surface area contributed by atoms with Crippen molar-refractivity contribution in [3.8, 4) is 0 Å². The lowest BCUT2D eigenvalue weighted by molar-refractivity contribution is -0.126. The van der Waals surface area contributed by atoms with Gasteiger partial charge in [0.15, 0.2) is 0 Å². The van der Waals surface area contributed by atoms with Gasteiger partial charge in [-0.25, -0.2) is 0 Å². The molecule has 0 saturated heterocycles. The lowest BCUT2D eigenvalue weighted by Crippen LogP contribution is -2.27. The van der Waals surface area contributed by atoms with Gasteiger partial charge in [0.25, 0.3) is 0 Å². The fourth-order valence-electron chi connectivity index (χ4n) is 2.01. The molecule has 0 radical (unpaired) electrons. The SMILES string of the molecule is CCCNC(=O)C1[C@@H](C(C)=O)[C@@H]1C(C)=O. The maximum Gasteiger partial charge on any atom is 0.224 e. The Balaban J connectivity index is 2.59. The highest BCUT2D eigenvalue weighted by molar-refractivity contribution is 6.02. The van der Waals surface area contributed by atoms with Gasteiger partial charge in [0.2, 0.25) is 5.91 Å². The Morgan fingerprint density at radius 2 is 1.47 bits per heavy atom. The zero-order valence-electron chi connectivity index (χ0n) is 9.37. The molecule has 0 heterocycles. The van der Waals surface area contributed by atoms with E-state index in [-0.39, 0.29) is 29.3 Å². The number of carbonyl (C=O) groups is 3. The molecular weight excluding hydrogens is 194 g/mol. The van der Waals surface area contributed by atoms with Crippen LogP contribution >= 0.6 is 0 Å². The van der Waals surface area contributed by atoms with Gasteiger partial charge >= 0.3 is 0 Å². The predicted octanol–water partition coefficient (Wildman–Crippen LogP) is 0.553. The van der Waals surface area contributed by atoms with Gasteiger partial charge in [-0.2, -0.15) is 0 Å². The summed E-state index contributed by atoms with van der Waals surface area (Å²) in [6.45, 7) is 5.43. The zero-order chi connectivity index (χ0) is 11.6. The molecule has 4 heteroatoms. The number of carbonyl (C=O) groups excluding carboxylic acids is 3. The second-order valence-corrected chi connectivity index (χ2v) is 4.09. The highest BCUT2D eigenvalue weighted by Gasteiger charge is 2.59. The summed E-state index contributed by atoms with van der Waals surface area (Å²) in [5.74, 6) is -1.44. The first-order chi connectivity index (χ1) is 7.00. The number of nitrogens with one attached hydrogen (secondary N) is 1. The van der Waals surface area contributed by atoms with Crippen molar-refractivity contribution in [1.82, 2.24) is 5.32 Å². The Morgan fingerprint density at radius 1 is 1.00 bits per heavy atom. The molecule has 2 atom stereocenters. The number of hydrogen-bond acceptors (Lipinski definition) is 3. The molecule has 1 aliphatic carbocycles. The van der Waals surface area contributed by atoms with Gasteiger partial charge in [0.1, 0.15) is 11.6 Å². The van der Waals surface area contributed by atoms with E-state index in [1.807, 2.05) is 6.92 Å². The Hall–Kier alpha value is -1.19. The van der Waals surface area contributed by atoms with Crippen LogP contribution in [-0.4, -0.2) is 24.0 Å². The van der Waals surface area contributed by atoms with Gasteiger partial charge in [0, 0.05) is 18.4 Å². The molecule has 1 aliphatic rings. The van der Waals surface area contributed by atoms with Crippen molar-refractivity contribution < 1.29 is 14.4 Å². The van der Waals surface area contributed by atoms with Gasteiger partial charge in [-0.3, -0.25) is 14.4 Å². The third-order valence-corrected chi connectivity index (χ3v) is 2.81. The van der Waals surface area contributed by atoms with E-state index >= 15 is 0 Å². The van der Waals surface area contributed by atoms with Crippen LogP contribution in [0.15, 0.2) is 0 Å². The lowest BCUT2D eigenvalue weighted by atomic mass is 10.2. The Bertz CT molecular complexity index is 278. The molecule has 0 unspecified atom stereocenters. The topological polar surface area (TPSA) is 63.2 Å². The van der Waals surface area contributed by atoms with E-state index in [9.17, 15) is 14.4 Å². The fourth-order valence-corrected chi connectivity index (χ4v) is 2.01. The predicted molar refractivity (Wildman–Crippen MR) is 55.1 cm³/mol. The summed E-state index contributed by atoms with van der Waals surface area (Å²) in [4.78, 5) is 33.9. The van der Waals surface area contributed by atoms with Crippen LogP contribution in [0.3, 0.4) is 0 Å². The summed E-state index contributed by atoms with van der Waals surface area (Å²) in [6, 6.07) is 0. The highest BCUT2D eigenvalue weighted by atomic mass is 16.2. The molecule has 15 heavy (non-hydrogen) atoms. The van der Waals surface area contributed by atoms with E-state index in [1.54, 1.807) is 0 Å². The maximum absolute atomic E-state index is 11.6. The minimum atomic E-state index is -0.411. The molecule has 0 spiro atoms.